The lowest BCUT2D eigenvalue weighted by Gasteiger charge is -2.51. The van der Waals surface area contributed by atoms with Crippen molar-refractivity contribution in [3.05, 3.63) is 12.2 Å². The molecule has 0 spiro atoms. The largest absolute Gasteiger partial charge is 0.481 e. The van der Waals surface area contributed by atoms with Crippen LogP contribution in [0, 0.1) is 17.3 Å². The molecule has 1 amide bonds. The van der Waals surface area contributed by atoms with Crippen molar-refractivity contribution in [3.63, 3.8) is 0 Å². The SMILES string of the molecule is CC(=O)OC(C)OC(=O)NCC1(CC(=O)O)CC2CC=CC21. The maximum Gasteiger partial charge on any atom is 0.410 e. The summed E-state index contributed by atoms with van der Waals surface area (Å²) in [5.41, 5.74) is -0.451. The predicted octanol–water partition coefficient (Wildman–Crippen LogP) is 1.68. The normalized spacial score (nSPS) is 29.9. The fraction of sp³-hybridized carbons (Fsp3) is 0.667. The molecule has 0 aromatic rings. The molecular formula is C15H21NO6. The summed E-state index contributed by atoms with van der Waals surface area (Å²) in [5.74, 6) is -0.741. The third-order valence-electron chi connectivity index (χ3n) is 4.36. The molecule has 7 heteroatoms. The van der Waals surface area contributed by atoms with Gasteiger partial charge in [0.2, 0.25) is 6.29 Å². The molecule has 0 aliphatic heterocycles. The molecule has 0 saturated heterocycles. The van der Waals surface area contributed by atoms with Crippen LogP contribution in [0.4, 0.5) is 4.79 Å². The van der Waals surface area contributed by atoms with Crippen molar-refractivity contribution in [2.24, 2.45) is 17.3 Å². The smallest absolute Gasteiger partial charge is 0.410 e. The molecule has 0 aromatic carbocycles. The second kappa shape index (κ2) is 6.37. The number of allylic oxidation sites excluding steroid dienone is 2. The van der Waals surface area contributed by atoms with E-state index in [4.69, 9.17) is 14.6 Å². The minimum Gasteiger partial charge on any atom is -0.481 e. The number of esters is 1. The highest BCUT2D eigenvalue weighted by atomic mass is 16.7. The van der Waals surface area contributed by atoms with Crippen molar-refractivity contribution in [1.82, 2.24) is 5.32 Å². The topological polar surface area (TPSA) is 102 Å². The first-order valence-corrected chi connectivity index (χ1v) is 7.32. The van der Waals surface area contributed by atoms with Gasteiger partial charge in [-0.05, 0) is 24.7 Å². The van der Waals surface area contributed by atoms with Crippen molar-refractivity contribution in [2.75, 3.05) is 6.54 Å². The molecule has 122 valence electrons. The van der Waals surface area contributed by atoms with Gasteiger partial charge in [0.15, 0.2) is 0 Å². The standard InChI is InChI=1S/C15H21NO6/c1-9(17)21-10(2)22-14(20)16-8-15(7-13(18)19)6-11-4-3-5-12(11)15/h3,5,10-12H,4,6-8H2,1-2H3,(H,16,20)(H,18,19). The number of nitrogens with one attached hydrogen (secondary N) is 1. The summed E-state index contributed by atoms with van der Waals surface area (Å²) < 4.78 is 9.58. The molecule has 1 saturated carbocycles. The van der Waals surface area contributed by atoms with Gasteiger partial charge < -0.3 is 19.9 Å². The first-order chi connectivity index (χ1) is 10.3. The molecule has 0 heterocycles. The minimum absolute atomic E-state index is 0.0122. The summed E-state index contributed by atoms with van der Waals surface area (Å²) in [6.07, 6.45) is 4.18. The summed E-state index contributed by atoms with van der Waals surface area (Å²) in [5, 5.41) is 11.7. The second-order valence-electron chi connectivity index (χ2n) is 6.02. The molecule has 2 N–H and O–H groups in total. The van der Waals surface area contributed by atoms with Crippen molar-refractivity contribution < 1.29 is 29.0 Å². The monoisotopic (exact) mass is 311 g/mol. The maximum atomic E-state index is 11.7. The van der Waals surface area contributed by atoms with E-state index in [9.17, 15) is 14.4 Å². The Morgan fingerprint density at radius 3 is 2.73 bits per heavy atom. The average Bonchev–Trinajstić information content (AvgIpc) is 2.75. The van der Waals surface area contributed by atoms with Crippen molar-refractivity contribution in [1.29, 1.82) is 0 Å². The van der Waals surface area contributed by atoms with Gasteiger partial charge in [-0.1, -0.05) is 12.2 Å². The quantitative estimate of drug-likeness (QED) is 0.439. The molecule has 4 unspecified atom stereocenters. The number of carbonyl (C=O) groups excluding carboxylic acids is 2. The number of hydrogen-bond donors (Lipinski definition) is 2. The van der Waals surface area contributed by atoms with Crippen LogP contribution in [0.2, 0.25) is 0 Å². The number of amides is 1. The number of aliphatic carboxylic acids is 1. The van der Waals surface area contributed by atoms with Crippen LogP contribution in [0.5, 0.6) is 0 Å². The number of ether oxygens (including phenoxy) is 2. The Labute approximate surface area is 128 Å². The van der Waals surface area contributed by atoms with Crippen LogP contribution in [-0.2, 0) is 19.1 Å². The zero-order valence-electron chi connectivity index (χ0n) is 12.7. The summed E-state index contributed by atoms with van der Waals surface area (Å²) >= 11 is 0. The van der Waals surface area contributed by atoms with Gasteiger partial charge in [-0.3, -0.25) is 9.59 Å². The van der Waals surface area contributed by atoms with Crippen LogP contribution in [-0.4, -0.2) is 36.0 Å². The van der Waals surface area contributed by atoms with Gasteiger partial charge in [0.1, 0.15) is 0 Å². The van der Waals surface area contributed by atoms with Gasteiger partial charge >= 0.3 is 18.0 Å². The third-order valence-corrected chi connectivity index (χ3v) is 4.36. The van der Waals surface area contributed by atoms with Gasteiger partial charge in [-0.25, -0.2) is 4.79 Å². The first-order valence-electron chi connectivity index (χ1n) is 7.32. The Kier molecular flexibility index (Phi) is 4.73. The highest BCUT2D eigenvalue weighted by Crippen LogP contribution is 2.57. The molecule has 4 atom stereocenters. The van der Waals surface area contributed by atoms with Crippen LogP contribution in [0.15, 0.2) is 12.2 Å². The van der Waals surface area contributed by atoms with E-state index in [1.165, 1.54) is 13.8 Å². The van der Waals surface area contributed by atoms with Crippen molar-refractivity contribution >= 4 is 18.0 Å². The Bertz CT molecular complexity index is 502. The number of rotatable bonds is 6. The van der Waals surface area contributed by atoms with Crippen LogP contribution in [0.3, 0.4) is 0 Å². The van der Waals surface area contributed by atoms with Crippen molar-refractivity contribution in [3.8, 4) is 0 Å². The zero-order chi connectivity index (χ0) is 16.3. The lowest BCUT2D eigenvalue weighted by atomic mass is 9.53. The molecule has 1 fully saturated rings. The number of alkyl carbamates (subject to hydrolysis) is 1. The van der Waals surface area contributed by atoms with Gasteiger partial charge in [0, 0.05) is 25.8 Å². The van der Waals surface area contributed by atoms with E-state index < -0.39 is 29.7 Å². The molecule has 2 aliphatic carbocycles. The lowest BCUT2D eigenvalue weighted by molar-refractivity contribution is -0.162. The summed E-state index contributed by atoms with van der Waals surface area (Å²) in [6, 6.07) is 0. The number of carbonyl (C=O) groups is 3. The van der Waals surface area contributed by atoms with Crippen LogP contribution in [0.1, 0.15) is 33.1 Å². The highest BCUT2D eigenvalue weighted by molar-refractivity contribution is 5.70. The summed E-state index contributed by atoms with van der Waals surface area (Å²) in [6.45, 7) is 2.89. The molecule has 2 rings (SSSR count). The molecule has 0 bridgehead atoms. The molecule has 7 nitrogen and oxygen atoms in total. The second-order valence-corrected chi connectivity index (χ2v) is 6.02. The Morgan fingerprint density at radius 2 is 2.14 bits per heavy atom. The van der Waals surface area contributed by atoms with Crippen LogP contribution in [0.25, 0.3) is 0 Å². The molecular weight excluding hydrogens is 290 g/mol. The van der Waals surface area contributed by atoms with E-state index in [2.05, 4.69) is 11.4 Å². The summed E-state index contributed by atoms with van der Waals surface area (Å²) in [4.78, 5) is 33.6. The van der Waals surface area contributed by atoms with E-state index in [1.807, 2.05) is 6.08 Å². The maximum absolute atomic E-state index is 11.7. The first kappa shape index (κ1) is 16.3. The number of carboxylic acid groups (broad SMARTS) is 1. The molecule has 0 aromatic heterocycles. The van der Waals surface area contributed by atoms with E-state index in [0.29, 0.717) is 5.92 Å². The van der Waals surface area contributed by atoms with Gasteiger partial charge in [0.25, 0.3) is 0 Å². The van der Waals surface area contributed by atoms with E-state index in [0.717, 1.165) is 12.8 Å². The lowest BCUT2D eigenvalue weighted by Crippen LogP contribution is -2.53. The summed E-state index contributed by atoms with van der Waals surface area (Å²) in [7, 11) is 0. The number of carboxylic acids is 1. The Balaban J connectivity index is 1.87. The fourth-order valence-electron chi connectivity index (χ4n) is 3.56. The molecule has 0 radical (unpaired) electrons. The van der Waals surface area contributed by atoms with E-state index >= 15 is 0 Å². The van der Waals surface area contributed by atoms with Crippen LogP contribution < -0.4 is 5.32 Å². The predicted molar refractivity (Wildman–Crippen MR) is 75.8 cm³/mol. The highest BCUT2D eigenvalue weighted by Gasteiger charge is 2.54. The minimum atomic E-state index is -0.978. The van der Waals surface area contributed by atoms with Gasteiger partial charge in [-0.2, -0.15) is 0 Å². The third kappa shape index (κ3) is 3.58. The zero-order valence-corrected chi connectivity index (χ0v) is 12.7. The van der Waals surface area contributed by atoms with Crippen molar-refractivity contribution in [2.45, 2.75) is 39.4 Å². The van der Waals surface area contributed by atoms with E-state index in [1.54, 1.807) is 0 Å². The average molecular weight is 311 g/mol. The van der Waals surface area contributed by atoms with E-state index in [-0.39, 0.29) is 18.9 Å². The molecule has 2 aliphatic rings. The Morgan fingerprint density at radius 1 is 1.41 bits per heavy atom. The van der Waals surface area contributed by atoms with Gasteiger partial charge in [-0.15, -0.1) is 0 Å². The van der Waals surface area contributed by atoms with Crippen LogP contribution >= 0.6 is 0 Å². The Hall–Kier alpha value is -2.05. The van der Waals surface area contributed by atoms with Gasteiger partial charge in [0.05, 0.1) is 6.42 Å². The fourth-order valence-corrected chi connectivity index (χ4v) is 3.56. The number of fused-ring (bicyclic) bond motifs is 1. The molecule has 22 heavy (non-hydrogen) atoms. The number of hydrogen-bond acceptors (Lipinski definition) is 5.